The van der Waals surface area contributed by atoms with Crippen LogP contribution in [0.15, 0.2) is 18.2 Å². The molecule has 3 aromatic heterocycles. The van der Waals surface area contributed by atoms with Crippen LogP contribution < -0.4 is 21.7 Å². The highest BCUT2D eigenvalue weighted by Gasteiger charge is 2.41. The lowest BCUT2D eigenvalue weighted by molar-refractivity contribution is 0.0938. The Morgan fingerprint density at radius 1 is 1.38 bits per heavy atom. The van der Waals surface area contributed by atoms with Crippen molar-refractivity contribution in [3.05, 3.63) is 45.8 Å². The maximum absolute atomic E-state index is 13.9. The third-order valence-corrected chi connectivity index (χ3v) is 8.25. The van der Waals surface area contributed by atoms with Crippen LogP contribution in [0.25, 0.3) is 10.2 Å². The number of thiophene rings is 1. The van der Waals surface area contributed by atoms with Crippen LogP contribution in [0.2, 0.25) is 0 Å². The standard InChI is InChI=1S/C24H28F2N6OS/c1-12-16(26)8-15-20(28)21(34-23(15)29-12)22(33)30-14-4-5-17-13(7-14)3-6-19(31-17)32-9-18(27)24(2,10-25)11-32/h3,6,8,14,18H,4-5,7,9-11,27-28H2,1-2H3,(H,30,33). The number of fused-ring (bicyclic) bond motifs is 2. The van der Waals surface area contributed by atoms with Gasteiger partial charge in [0.25, 0.3) is 5.91 Å². The number of nitrogens with one attached hydrogen (secondary N) is 1. The van der Waals surface area contributed by atoms with Crippen LogP contribution in [0.3, 0.4) is 0 Å². The van der Waals surface area contributed by atoms with Gasteiger partial charge < -0.3 is 21.7 Å². The molecule has 1 aliphatic carbocycles. The molecule has 1 aliphatic heterocycles. The van der Waals surface area contributed by atoms with Crippen LogP contribution in [-0.4, -0.2) is 47.7 Å². The second-order valence-corrected chi connectivity index (χ2v) is 10.7. The molecule has 180 valence electrons. The third-order valence-electron chi connectivity index (χ3n) is 7.13. The number of nitrogens with two attached hydrogens (primary N) is 2. The SMILES string of the molecule is Cc1nc2sc(C(=O)NC3CCc4nc(N5CC(N)C(C)(CF)C5)ccc4C3)c(N)c2cc1F. The van der Waals surface area contributed by atoms with Gasteiger partial charge in [0.05, 0.1) is 18.1 Å². The number of rotatable bonds is 4. The van der Waals surface area contributed by atoms with E-state index in [1.54, 1.807) is 6.92 Å². The van der Waals surface area contributed by atoms with Crippen molar-refractivity contribution in [2.75, 3.05) is 30.4 Å². The molecule has 5 N–H and O–H groups in total. The molecule has 5 rings (SSSR count). The summed E-state index contributed by atoms with van der Waals surface area (Å²) in [6.45, 7) is 4.14. The molecule has 3 atom stereocenters. The van der Waals surface area contributed by atoms with Crippen molar-refractivity contribution < 1.29 is 13.6 Å². The van der Waals surface area contributed by atoms with Crippen molar-refractivity contribution in [1.29, 1.82) is 0 Å². The van der Waals surface area contributed by atoms with E-state index < -0.39 is 17.9 Å². The molecule has 7 nitrogen and oxygen atoms in total. The average Bonchev–Trinajstić information content (AvgIpc) is 3.30. The molecule has 34 heavy (non-hydrogen) atoms. The van der Waals surface area contributed by atoms with Gasteiger partial charge in [0.1, 0.15) is 21.3 Å². The number of aryl methyl sites for hydroxylation is 2. The molecule has 0 spiro atoms. The van der Waals surface area contributed by atoms with Gasteiger partial charge in [0, 0.05) is 41.7 Å². The minimum atomic E-state index is -0.554. The minimum absolute atomic E-state index is 0.0567. The number of carbonyl (C=O) groups excluding carboxylic acids is 1. The molecule has 3 aromatic rings. The van der Waals surface area contributed by atoms with E-state index in [1.165, 1.54) is 17.4 Å². The average molecular weight is 487 g/mol. The first-order chi connectivity index (χ1) is 16.2. The van der Waals surface area contributed by atoms with Crippen molar-refractivity contribution in [3.63, 3.8) is 0 Å². The number of nitrogens with zero attached hydrogens (tertiary/aromatic N) is 3. The van der Waals surface area contributed by atoms with E-state index in [1.807, 2.05) is 19.1 Å². The van der Waals surface area contributed by atoms with Gasteiger partial charge in [0.15, 0.2) is 0 Å². The summed E-state index contributed by atoms with van der Waals surface area (Å²) >= 11 is 1.18. The van der Waals surface area contributed by atoms with E-state index in [-0.39, 0.29) is 29.4 Å². The fourth-order valence-corrected chi connectivity index (χ4v) is 5.84. The highest BCUT2D eigenvalue weighted by Crippen LogP contribution is 2.35. The van der Waals surface area contributed by atoms with E-state index in [0.29, 0.717) is 34.6 Å². The Bertz CT molecular complexity index is 1280. The van der Waals surface area contributed by atoms with Gasteiger partial charge in [-0.25, -0.2) is 14.4 Å². The van der Waals surface area contributed by atoms with E-state index in [9.17, 15) is 13.6 Å². The lowest BCUT2D eigenvalue weighted by Gasteiger charge is -2.27. The molecule has 0 aromatic carbocycles. The number of aromatic nitrogens is 2. The summed E-state index contributed by atoms with van der Waals surface area (Å²) in [6, 6.07) is 5.04. The monoisotopic (exact) mass is 486 g/mol. The van der Waals surface area contributed by atoms with Crippen molar-refractivity contribution in [2.45, 2.75) is 45.2 Å². The van der Waals surface area contributed by atoms with Crippen molar-refractivity contribution >= 4 is 39.0 Å². The summed E-state index contributed by atoms with van der Waals surface area (Å²) in [6.07, 6.45) is 2.13. The molecule has 0 radical (unpaired) electrons. The van der Waals surface area contributed by atoms with Gasteiger partial charge in [-0.2, -0.15) is 0 Å². The second-order valence-electron chi connectivity index (χ2n) is 9.72. The van der Waals surface area contributed by atoms with E-state index >= 15 is 0 Å². The summed E-state index contributed by atoms with van der Waals surface area (Å²) in [7, 11) is 0. The number of halogens is 2. The smallest absolute Gasteiger partial charge is 0.263 e. The molecule has 0 bridgehead atoms. The zero-order valence-electron chi connectivity index (χ0n) is 19.2. The highest BCUT2D eigenvalue weighted by molar-refractivity contribution is 7.21. The third kappa shape index (κ3) is 3.88. The quantitative estimate of drug-likeness (QED) is 0.523. The maximum Gasteiger partial charge on any atom is 0.263 e. The number of amides is 1. The Morgan fingerprint density at radius 2 is 2.18 bits per heavy atom. The maximum atomic E-state index is 13.9. The normalized spacial score (nSPS) is 24.4. The van der Waals surface area contributed by atoms with Crippen molar-refractivity contribution in [3.8, 4) is 0 Å². The number of nitrogen functional groups attached to an aromatic ring is 1. The molecular weight excluding hydrogens is 458 g/mol. The lowest BCUT2D eigenvalue weighted by atomic mass is 9.87. The number of carbonyl (C=O) groups is 1. The summed E-state index contributed by atoms with van der Waals surface area (Å²) in [5, 5.41) is 3.54. The van der Waals surface area contributed by atoms with Crippen LogP contribution in [-0.2, 0) is 12.8 Å². The van der Waals surface area contributed by atoms with Crippen LogP contribution in [0, 0.1) is 18.2 Å². The van der Waals surface area contributed by atoms with Gasteiger partial charge in [-0.15, -0.1) is 11.3 Å². The largest absolute Gasteiger partial charge is 0.397 e. The van der Waals surface area contributed by atoms with Gasteiger partial charge in [0.2, 0.25) is 0 Å². The van der Waals surface area contributed by atoms with Gasteiger partial charge in [-0.3, -0.25) is 9.18 Å². The van der Waals surface area contributed by atoms with E-state index in [0.717, 1.165) is 29.9 Å². The minimum Gasteiger partial charge on any atom is -0.397 e. The Kier molecular flexibility index (Phi) is 5.68. The Morgan fingerprint density at radius 3 is 2.91 bits per heavy atom. The number of pyridine rings is 2. The van der Waals surface area contributed by atoms with Crippen molar-refractivity contribution in [1.82, 2.24) is 15.3 Å². The zero-order valence-corrected chi connectivity index (χ0v) is 20.0. The first-order valence-corrected chi connectivity index (χ1v) is 12.2. The molecular formula is C24H28F2N6OS. The Labute approximate surface area is 200 Å². The predicted octanol–water partition coefficient (Wildman–Crippen LogP) is 3.13. The summed E-state index contributed by atoms with van der Waals surface area (Å²) in [5.74, 6) is 0.111. The molecule has 2 aliphatic rings. The van der Waals surface area contributed by atoms with Crippen LogP contribution in [0.4, 0.5) is 20.3 Å². The van der Waals surface area contributed by atoms with Crippen LogP contribution in [0.5, 0.6) is 0 Å². The highest BCUT2D eigenvalue weighted by atomic mass is 32.1. The number of alkyl halides is 1. The molecule has 1 saturated heterocycles. The first-order valence-electron chi connectivity index (χ1n) is 11.4. The molecule has 10 heteroatoms. The summed E-state index contributed by atoms with van der Waals surface area (Å²) < 4.78 is 27.4. The molecule has 1 fully saturated rings. The molecule has 4 heterocycles. The zero-order chi connectivity index (χ0) is 24.2. The predicted molar refractivity (Wildman–Crippen MR) is 131 cm³/mol. The first kappa shape index (κ1) is 22.9. The molecule has 0 saturated carbocycles. The summed E-state index contributed by atoms with van der Waals surface area (Å²) in [5.41, 5.74) is 14.4. The van der Waals surface area contributed by atoms with Crippen LogP contribution in [0.1, 0.15) is 40.0 Å². The van der Waals surface area contributed by atoms with Gasteiger partial charge in [-0.05, 0) is 43.9 Å². The second kappa shape index (κ2) is 8.42. The number of hydrogen-bond donors (Lipinski definition) is 3. The number of anilines is 2. The Balaban J connectivity index is 1.29. The Hall–Kier alpha value is -2.85. The van der Waals surface area contributed by atoms with E-state index in [2.05, 4.69) is 15.2 Å². The van der Waals surface area contributed by atoms with Gasteiger partial charge in [-0.1, -0.05) is 13.0 Å². The van der Waals surface area contributed by atoms with E-state index in [4.69, 9.17) is 16.5 Å². The lowest BCUT2D eigenvalue weighted by Crippen LogP contribution is -2.39. The topological polar surface area (TPSA) is 110 Å². The fraction of sp³-hybridized carbons (Fsp3) is 0.458. The van der Waals surface area contributed by atoms with Crippen LogP contribution >= 0.6 is 11.3 Å². The fourth-order valence-electron chi connectivity index (χ4n) is 4.81. The summed E-state index contributed by atoms with van der Waals surface area (Å²) in [4.78, 5) is 25.0. The molecule has 3 unspecified atom stereocenters. The number of hydrogen-bond acceptors (Lipinski definition) is 7. The van der Waals surface area contributed by atoms with Gasteiger partial charge >= 0.3 is 0 Å². The molecule has 1 amide bonds. The van der Waals surface area contributed by atoms with Crippen molar-refractivity contribution in [2.24, 2.45) is 11.1 Å².